The molecule has 1 unspecified atom stereocenters. The molecular weight excluding hydrogens is 637 g/mol. The van der Waals surface area contributed by atoms with Gasteiger partial charge in [-0.3, -0.25) is 14.5 Å². The van der Waals surface area contributed by atoms with Gasteiger partial charge in [-0.2, -0.15) is 0 Å². The van der Waals surface area contributed by atoms with E-state index >= 15 is 0 Å². The number of nitrogens with zero attached hydrogens (tertiary/aromatic N) is 3. The van der Waals surface area contributed by atoms with Gasteiger partial charge in [0.2, 0.25) is 5.13 Å². The molecule has 0 aliphatic carbocycles. The summed E-state index contributed by atoms with van der Waals surface area (Å²) in [6.45, 7) is 6.89. The number of carbonyl (C=O) groups is 2. The second kappa shape index (κ2) is 14.4. The molecule has 45 heavy (non-hydrogen) atoms. The van der Waals surface area contributed by atoms with Crippen molar-refractivity contribution in [3.05, 3.63) is 99.8 Å². The number of aromatic nitrogens is 2. The number of aliphatic hydroxyl groups excluding tert-OH is 1. The van der Waals surface area contributed by atoms with Gasteiger partial charge in [0.1, 0.15) is 11.6 Å². The zero-order chi connectivity index (χ0) is 32.1. The number of anilines is 1. The molecule has 0 radical (unpaired) electrons. The van der Waals surface area contributed by atoms with Crippen LogP contribution >= 0.6 is 34.7 Å². The van der Waals surface area contributed by atoms with Crippen LogP contribution in [-0.2, 0) is 15.3 Å². The highest BCUT2D eigenvalue weighted by atomic mass is 35.5. The number of Topliss-reactive ketones (excluding diaryl/α,β-unsaturated/α-hetero) is 1. The van der Waals surface area contributed by atoms with Crippen molar-refractivity contribution in [2.75, 3.05) is 18.1 Å². The van der Waals surface area contributed by atoms with Crippen LogP contribution in [0.5, 0.6) is 11.5 Å². The van der Waals surface area contributed by atoms with Gasteiger partial charge in [0.15, 0.2) is 15.8 Å². The van der Waals surface area contributed by atoms with Crippen molar-refractivity contribution in [1.29, 1.82) is 0 Å². The quantitative estimate of drug-likeness (QED) is 0.0532. The Morgan fingerprint density at radius 3 is 2.47 bits per heavy atom. The maximum atomic E-state index is 13.7. The second-order valence-electron chi connectivity index (χ2n) is 10.6. The van der Waals surface area contributed by atoms with E-state index in [2.05, 4.69) is 24.0 Å². The van der Waals surface area contributed by atoms with Crippen molar-refractivity contribution in [2.45, 2.75) is 43.3 Å². The number of carbonyl (C=O) groups excluding carboxylic acids is 2. The van der Waals surface area contributed by atoms with Crippen LogP contribution in [0.1, 0.15) is 49.9 Å². The first-order chi connectivity index (χ1) is 21.7. The largest absolute Gasteiger partial charge is 0.507 e. The average molecular weight is 668 g/mol. The van der Waals surface area contributed by atoms with Gasteiger partial charge in [0.25, 0.3) is 5.78 Å². The van der Waals surface area contributed by atoms with Gasteiger partial charge in [-0.05, 0) is 78.9 Å². The van der Waals surface area contributed by atoms with E-state index in [4.69, 9.17) is 21.1 Å². The highest BCUT2D eigenvalue weighted by Crippen LogP contribution is 2.45. The zero-order valence-corrected chi connectivity index (χ0v) is 27.2. The first-order valence-corrected chi connectivity index (χ1v) is 16.5. The van der Waals surface area contributed by atoms with Crippen LogP contribution < -0.4 is 14.4 Å². The summed E-state index contributed by atoms with van der Waals surface area (Å²) in [4.78, 5) is 28.5. The van der Waals surface area contributed by atoms with E-state index in [-0.39, 0.29) is 16.3 Å². The summed E-state index contributed by atoms with van der Waals surface area (Å²) in [6, 6.07) is 16.6. The van der Waals surface area contributed by atoms with Crippen molar-refractivity contribution in [3.8, 4) is 11.5 Å². The molecular formula is C33H31ClFN3O5S2. The summed E-state index contributed by atoms with van der Waals surface area (Å²) in [5.41, 5.74) is 1.55. The Labute approximate surface area is 273 Å². The summed E-state index contributed by atoms with van der Waals surface area (Å²) in [5, 5.41) is 20.7. The van der Waals surface area contributed by atoms with Crippen LogP contribution in [0.4, 0.5) is 9.52 Å². The molecule has 3 aromatic carbocycles. The van der Waals surface area contributed by atoms with E-state index in [9.17, 15) is 19.1 Å². The van der Waals surface area contributed by atoms with Gasteiger partial charge >= 0.3 is 5.91 Å². The van der Waals surface area contributed by atoms with Crippen molar-refractivity contribution in [3.63, 3.8) is 0 Å². The van der Waals surface area contributed by atoms with Crippen LogP contribution in [0.3, 0.4) is 0 Å². The molecule has 1 aliphatic rings. The van der Waals surface area contributed by atoms with Crippen molar-refractivity contribution in [1.82, 2.24) is 10.2 Å². The number of aliphatic hydroxyl groups is 1. The number of ketones is 1. The van der Waals surface area contributed by atoms with Crippen LogP contribution in [-0.4, -0.2) is 40.2 Å². The minimum atomic E-state index is -1.07. The van der Waals surface area contributed by atoms with Gasteiger partial charge in [-0.1, -0.05) is 66.7 Å². The normalized spacial score (nSPS) is 16.0. The van der Waals surface area contributed by atoms with Gasteiger partial charge in [-0.15, -0.1) is 10.2 Å². The Morgan fingerprint density at radius 2 is 1.78 bits per heavy atom. The molecule has 0 bridgehead atoms. The van der Waals surface area contributed by atoms with E-state index in [0.717, 1.165) is 23.3 Å². The molecule has 234 valence electrons. The van der Waals surface area contributed by atoms with E-state index in [1.54, 1.807) is 30.3 Å². The van der Waals surface area contributed by atoms with Gasteiger partial charge < -0.3 is 14.6 Å². The molecule has 12 heteroatoms. The lowest BCUT2D eigenvalue weighted by Gasteiger charge is -2.23. The van der Waals surface area contributed by atoms with E-state index in [0.29, 0.717) is 51.3 Å². The summed E-state index contributed by atoms with van der Waals surface area (Å²) in [7, 11) is 0. The van der Waals surface area contributed by atoms with Crippen molar-refractivity contribution >= 4 is 57.3 Å². The minimum absolute atomic E-state index is 0.159. The summed E-state index contributed by atoms with van der Waals surface area (Å²) in [5.74, 6) is -0.710. The summed E-state index contributed by atoms with van der Waals surface area (Å²) in [6.07, 6.45) is 0.848. The predicted octanol–water partition coefficient (Wildman–Crippen LogP) is 8.07. The second-order valence-corrected chi connectivity index (χ2v) is 13.2. The molecule has 4 aromatic rings. The Balaban J connectivity index is 1.55. The molecule has 0 spiro atoms. The maximum absolute atomic E-state index is 13.7. The topological polar surface area (TPSA) is 102 Å². The minimum Gasteiger partial charge on any atom is -0.507 e. The van der Waals surface area contributed by atoms with E-state index in [1.807, 2.05) is 19.1 Å². The maximum Gasteiger partial charge on any atom is 0.301 e. The van der Waals surface area contributed by atoms with Crippen molar-refractivity contribution in [2.24, 2.45) is 5.92 Å². The Morgan fingerprint density at radius 1 is 1.04 bits per heavy atom. The fraction of sp³-hybridized carbons (Fsp3) is 0.273. The lowest BCUT2D eigenvalue weighted by Crippen LogP contribution is -2.29. The molecule has 1 saturated heterocycles. The number of hydrogen-bond acceptors (Lipinski definition) is 9. The molecule has 0 saturated carbocycles. The molecule has 2 heterocycles. The van der Waals surface area contributed by atoms with Crippen molar-refractivity contribution < 1.29 is 28.6 Å². The number of benzene rings is 3. The fourth-order valence-electron chi connectivity index (χ4n) is 4.68. The predicted molar refractivity (Wildman–Crippen MR) is 175 cm³/mol. The van der Waals surface area contributed by atoms with Gasteiger partial charge in [0.05, 0.1) is 24.8 Å². The number of halogens is 2. The molecule has 1 N–H and O–H groups in total. The highest BCUT2D eigenvalue weighted by Gasteiger charge is 2.48. The Hall–Kier alpha value is -3.93. The van der Waals surface area contributed by atoms with Crippen LogP contribution in [0.25, 0.3) is 5.76 Å². The number of thioether (sulfide) groups is 1. The number of amides is 1. The zero-order valence-electron chi connectivity index (χ0n) is 24.8. The third-order valence-electron chi connectivity index (χ3n) is 6.98. The monoisotopic (exact) mass is 667 g/mol. The van der Waals surface area contributed by atoms with Crippen LogP contribution in [0.15, 0.2) is 76.6 Å². The lowest BCUT2D eigenvalue weighted by molar-refractivity contribution is -0.132. The first-order valence-electron chi connectivity index (χ1n) is 14.3. The SMILES string of the molecule is CCOc1cc(C2/C(=C(\O)c3ccc(F)cc3)C(=O)C(=O)N2c2nnc(SCc3ccc(Cl)cc3)s2)ccc1OCCC(C)C. The third-order valence-corrected chi connectivity index (χ3v) is 9.35. The highest BCUT2D eigenvalue weighted by molar-refractivity contribution is 8.00. The number of rotatable bonds is 12. The third kappa shape index (κ3) is 7.49. The average Bonchev–Trinajstić information content (AvgIpc) is 3.59. The molecule has 1 aliphatic heterocycles. The molecule has 1 fully saturated rings. The lowest BCUT2D eigenvalue weighted by atomic mass is 9.95. The molecule has 1 atom stereocenters. The summed E-state index contributed by atoms with van der Waals surface area (Å²) >= 11 is 8.59. The first kappa shape index (κ1) is 32.5. The molecule has 8 nitrogen and oxygen atoms in total. The van der Waals surface area contributed by atoms with Crippen LogP contribution in [0, 0.1) is 11.7 Å². The molecule has 5 rings (SSSR count). The van der Waals surface area contributed by atoms with E-state index < -0.39 is 29.3 Å². The van der Waals surface area contributed by atoms with Crippen LogP contribution in [0.2, 0.25) is 5.02 Å². The van der Waals surface area contributed by atoms with E-state index in [1.165, 1.54) is 40.9 Å². The fourth-order valence-corrected chi connectivity index (χ4v) is 6.63. The number of ether oxygens (including phenoxy) is 2. The molecule has 1 amide bonds. The van der Waals surface area contributed by atoms with Gasteiger partial charge in [0, 0.05) is 16.3 Å². The smallest absolute Gasteiger partial charge is 0.301 e. The Kier molecular flexibility index (Phi) is 10.4. The standard InChI is InChI=1S/C33H31ClFN3O5S2/c1-4-42-26-17-22(9-14-25(26)43-16-15-19(2)3)28-27(29(39)21-7-12-24(35)13-8-21)30(40)31(41)38(28)32-36-37-33(45-32)44-18-20-5-10-23(34)11-6-20/h5-14,17,19,28,39H,4,15-16,18H2,1-3H3/b29-27+. The molecule has 1 aromatic heterocycles. The van der Waals surface area contributed by atoms with Gasteiger partial charge in [-0.25, -0.2) is 4.39 Å². The summed E-state index contributed by atoms with van der Waals surface area (Å²) < 4.78 is 26.2. The Bertz CT molecular complexity index is 1710. The number of hydrogen-bond donors (Lipinski definition) is 1.